The number of nitrogens with zero attached hydrogens (tertiary/aromatic N) is 2. The van der Waals surface area contributed by atoms with Gasteiger partial charge in [-0.3, -0.25) is 9.59 Å². The number of aromatic carboxylic acids is 1. The predicted octanol–water partition coefficient (Wildman–Crippen LogP) is 0.193. The summed E-state index contributed by atoms with van der Waals surface area (Å²) in [6.45, 7) is 1.38. The summed E-state index contributed by atoms with van der Waals surface area (Å²) in [6.07, 6.45) is 1.99. The minimum Gasteiger partial charge on any atom is -0.476 e. The van der Waals surface area contributed by atoms with Crippen LogP contribution in [-0.2, 0) is 4.79 Å². The van der Waals surface area contributed by atoms with Crippen molar-refractivity contribution in [2.24, 2.45) is 0 Å². The fourth-order valence-corrected chi connectivity index (χ4v) is 2.44. The zero-order chi connectivity index (χ0) is 13.8. The molecule has 0 bridgehead atoms. The second-order valence-electron chi connectivity index (χ2n) is 4.11. The van der Waals surface area contributed by atoms with Gasteiger partial charge in [0.05, 0.1) is 6.54 Å². The van der Waals surface area contributed by atoms with Crippen molar-refractivity contribution in [1.82, 2.24) is 15.2 Å². The van der Waals surface area contributed by atoms with Crippen molar-refractivity contribution in [2.75, 3.05) is 19.6 Å². The zero-order valence-electron chi connectivity index (χ0n) is 10.1. The molecule has 0 atom stereocenters. The molecule has 1 aromatic rings. The zero-order valence-corrected chi connectivity index (χ0v) is 10.9. The van der Waals surface area contributed by atoms with Gasteiger partial charge >= 0.3 is 5.97 Å². The lowest BCUT2D eigenvalue weighted by molar-refractivity contribution is -0.129. The number of carboxylic acid groups (broad SMARTS) is 1. The predicted molar refractivity (Wildman–Crippen MR) is 67.2 cm³/mol. The Labute approximate surface area is 113 Å². The van der Waals surface area contributed by atoms with E-state index in [-0.39, 0.29) is 23.2 Å². The molecule has 2 rings (SSSR count). The molecule has 0 radical (unpaired) electrons. The van der Waals surface area contributed by atoms with Crippen molar-refractivity contribution in [2.45, 2.75) is 12.8 Å². The lowest BCUT2D eigenvalue weighted by Gasteiger charge is -2.14. The highest BCUT2D eigenvalue weighted by molar-refractivity contribution is 7.11. The molecule has 0 aliphatic carbocycles. The number of hydrogen-bond donors (Lipinski definition) is 2. The van der Waals surface area contributed by atoms with Gasteiger partial charge in [0.25, 0.3) is 5.91 Å². The van der Waals surface area contributed by atoms with E-state index in [1.807, 2.05) is 0 Å². The van der Waals surface area contributed by atoms with E-state index in [1.165, 1.54) is 5.38 Å². The summed E-state index contributed by atoms with van der Waals surface area (Å²) < 4.78 is 0. The van der Waals surface area contributed by atoms with Gasteiger partial charge < -0.3 is 15.3 Å². The van der Waals surface area contributed by atoms with Gasteiger partial charge in [0.15, 0.2) is 0 Å². The number of hydrogen-bond acceptors (Lipinski definition) is 5. The molecule has 1 aromatic heterocycles. The van der Waals surface area contributed by atoms with Crippen molar-refractivity contribution < 1.29 is 19.5 Å². The maximum atomic E-state index is 11.7. The van der Waals surface area contributed by atoms with Gasteiger partial charge in [0.1, 0.15) is 5.69 Å². The van der Waals surface area contributed by atoms with Crippen molar-refractivity contribution in [3.05, 3.63) is 16.1 Å². The SMILES string of the molecule is O=C(NCC(=O)N1CCCC1)c1csc(C(=O)O)n1. The first-order valence-electron chi connectivity index (χ1n) is 5.82. The third kappa shape index (κ3) is 3.28. The molecule has 0 unspecified atom stereocenters. The van der Waals surface area contributed by atoms with Crippen LogP contribution < -0.4 is 5.32 Å². The van der Waals surface area contributed by atoms with Crippen LogP contribution in [0.15, 0.2) is 5.38 Å². The Morgan fingerprint density at radius 3 is 2.63 bits per heavy atom. The van der Waals surface area contributed by atoms with Crippen LogP contribution in [0.2, 0.25) is 0 Å². The highest BCUT2D eigenvalue weighted by Crippen LogP contribution is 2.10. The second kappa shape index (κ2) is 5.79. The van der Waals surface area contributed by atoms with E-state index in [0.717, 1.165) is 37.3 Å². The van der Waals surface area contributed by atoms with Crippen LogP contribution in [0.1, 0.15) is 33.1 Å². The first-order chi connectivity index (χ1) is 9.08. The molecule has 19 heavy (non-hydrogen) atoms. The van der Waals surface area contributed by atoms with Gasteiger partial charge in [0.2, 0.25) is 10.9 Å². The summed E-state index contributed by atoms with van der Waals surface area (Å²) in [6, 6.07) is 0. The van der Waals surface area contributed by atoms with E-state index in [1.54, 1.807) is 4.90 Å². The normalized spacial score (nSPS) is 14.4. The first-order valence-corrected chi connectivity index (χ1v) is 6.70. The third-order valence-corrected chi connectivity index (χ3v) is 3.61. The summed E-state index contributed by atoms with van der Waals surface area (Å²) in [7, 11) is 0. The Hall–Kier alpha value is -1.96. The third-order valence-electron chi connectivity index (χ3n) is 2.78. The molecule has 2 N–H and O–H groups in total. The molecule has 0 saturated carbocycles. The van der Waals surface area contributed by atoms with Crippen LogP contribution in [0.25, 0.3) is 0 Å². The number of likely N-dealkylation sites (tertiary alicyclic amines) is 1. The Morgan fingerprint density at radius 2 is 2.05 bits per heavy atom. The van der Waals surface area contributed by atoms with Crippen LogP contribution in [0.4, 0.5) is 0 Å². The van der Waals surface area contributed by atoms with Crippen molar-refractivity contribution >= 4 is 29.1 Å². The average molecular weight is 283 g/mol. The van der Waals surface area contributed by atoms with E-state index in [9.17, 15) is 14.4 Å². The molecular weight excluding hydrogens is 270 g/mol. The summed E-state index contributed by atoms with van der Waals surface area (Å²) in [5, 5.41) is 12.4. The standard InChI is InChI=1S/C11H13N3O4S/c15-8(14-3-1-2-4-14)5-12-9(16)7-6-19-10(13-7)11(17)18/h6H,1-5H2,(H,12,16)(H,17,18). The minimum absolute atomic E-state index is 0.0246. The number of thiazole rings is 1. The van der Waals surface area contributed by atoms with Gasteiger partial charge in [-0.25, -0.2) is 9.78 Å². The summed E-state index contributed by atoms with van der Waals surface area (Å²) in [4.78, 5) is 39.4. The minimum atomic E-state index is -1.17. The van der Waals surface area contributed by atoms with E-state index < -0.39 is 11.9 Å². The van der Waals surface area contributed by atoms with E-state index in [2.05, 4.69) is 10.3 Å². The fourth-order valence-electron chi connectivity index (χ4n) is 1.80. The molecular formula is C11H13N3O4S. The Bertz CT molecular complexity index is 508. The van der Waals surface area contributed by atoms with Crippen molar-refractivity contribution in [3.63, 3.8) is 0 Å². The van der Waals surface area contributed by atoms with E-state index in [0.29, 0.717) is 0 Å². The molecule has 1 aliphatic rings. The lowest BCUT2D eigenvalue weighted by Crippen LogP contribution is -2.38. The molecule has 102 valence electrons. The maximum Gasteiger partial charge on any atom is 0.365 e. The van der Waals surface area contributed by atoms with Gasteiger partial charge in [-0.2, -0.15) is 0 Å². The second-order valence-corrected chi connectivity index (χ2v) is 4.97. The average Bonchev–Trinajstić information content (AvgIpc) is 3.05. The molecule has 1 aliphatic heterocycles. The number of carbonyl (C=O) groups is 3. The quantitative estimate of drug-likeness (QED) is 0.822. The van der Waals surface area contributed by atoms with Crippen LogP contribution in [-0.4, -0.2) is 52.4 Å². The van der Waals surface area contributed by atoms with Crippen LogP contribution in [0, 0.1) is 0 Å². The Kier molecular flexibility index (Phi) is 4.10. The van der Waals surface area contributed by atoms with Crippen LogP contribution >= 0.6 is 11.3 Å². The van der Waals surface area contributed by atoms with Crippen molar-refractivity contribution in [3.8, 4) is 0 Å². The van der Waals surface area contributed by atoms with Crippen LogP contribution in [0.5, 0.6) is 0 Å². The Balaban J connectivity index is 1.86. The highest BCUT2D eigenvalue weighted by atomic mass is 32.1. The molecule has 8 heteroatoms. The number of rotatable bonds is 4. The summed E-state index contributed by atoms with van der Waals surface area (Å²) in [5.41, 5.74) is 0.0246. The number of carbonyl (C=O) groups excluding carboxylic acids is 2. The molecule has 0 spiro atoms. The van der Waals surface area contributed by atoms with E-state index >= 15 is 0 Å². The fraction of sp³-hybridized carbons (Fsp3) is 0.455. The molecule has 2 heterocycles. The monoisotopic (exact) mass is 283 g/mol. The highest BCUT2D eigenvalue weighted by Gasteiger charge is 2.19. The Morgan fingerprint density at radius 1 is 1.37 bits per heavy atom. The number of carboxylic acids is 1. The van der Waals surface area contributed by atoms with Gasteiger partial charge in [0, 0.05) is 18.5 Å². The largest absolute Gasteiger partial charge is 0.476 e. The molecule has 1 saturated heterocycles. The van der Waals surface area contributed by atoms with E-state index in [4.69, 9.17) is 5.11 Å². The molecule has 1 fully saturated rings. The van der Waals surface area contributed by atoms with Gasteiger partial charge in [-0.05, 0) is 12.8 Å². The van der Waals surface area contributed by atoms with Gasteiger partial charge in [-0.15, -0.1) is 11.3 Å². The summed E-state index contributed by atoms with van der Waals surface area (Å²) in [5.74, 6) is -1.83. The smallest absolute Gasteiger partial charge is 0.365 e. The topological polar surface area (TPSA) is 99.6 Å². The lowest BCUT2D eigenvalue weighted by atomic mass is 10.4. The number of nitrogens with one attached hydrogen (secondary N) is 1. The molecule has 7 nitrogen and oxygen atoms in total. The number of amides is 2. The van der Waals surface area contributed by atoms with Gasteiger partial charge in [-0.1, -0.05) is 0 Å². The number of aromatic nitrogens is 1. The first kappa shape index (κ1) is 13.5. The van der Waals surface area contributed by atoms with Crippen LogP contribution in [0.3, 0.4) is 0 Å². The summed E-state index contributed by atoms with van der Waals surface area (Å²) >= 11 is 0.879. The maximum absolute atomic E-state index is 11.7. The van der Waals surface area contributed by atoms with Crippen molar-refractivity contribution in [1.29, 1.82) is 0 Å². The molecule has 0 aromatic carbocycles. The molecule has 2 amide bonds.